The summed E-state index contributed by atoms with van der Waals surface area (Å²) >= 11 is 5.92. The Kier molecular flexibility index (Phi) is 17.0. The van der Waals surface area contributed by atoms with Gasteiger partial charge in [-0.25, -0.2) is 18.7 Å². The van der Waals surface area contributed by atoms with E-state index < -0.39 is 0 Å². The molecule has 19 heteroatoms. The third-order valence-electron chi connectivity index (χ3n) is 14.7. The van der Waals surface area contributed by atoms with Crippen molar-refractivity contribution in [1.82, 2.24) is 48.7 Å². The van der Waals surface area contributed by atoms with Crippen LogP contribution in [0.1, 0.15) is 112 Å². The van der Waals surface area contributed by atoms with Gasteiger partial charge >= 0.3 is 0 Å². The Morgan fingerprint density at radius 3 is 1.51 bits per heavy atom. The zero-order chi connectivity index (χ0) is 52.1. The molecule has 2 saturated carbocycles. The van der Waals surface area contributed by atoms with Gasteiger partial charge in [0.25, 0.3) is 11.8 Å². The summed E-state index contributed by atoms with van der Waals surface area (Å²) in [5.41, 5.74) is 10.7. The predicted molar refractivity (Wildman–Crippen MR) is 289 cm³/mol. The molecule has 2 aliphatic carbocycles. The molecule has 0 spiro atoms. The summed E-state index contributed by atoms with van der Waals surface area (Å²) in [6.45, 7) is 16.0. The van der Waals surface area contributed by atoms with Crippen LogP contribution in [0, 0.1) is 11.6 Å². The topological polar surface area (TPSA) is 153 Å². The number of hydrogen-bond donors (Lipinski definition) is 2. The monoisotopic (exact) mass is 1020 g/mol. The average Bonchev–Trinajstić information content (AvgIpc) is 4.21. The number of fused-ring (bicyclic) bond motifs is 2. The molecule has 6 aromatic rings. The second-order valence-electron chi connectivity index (χ2n) is 20.7. The quantitative estimate of drug-likeness (QED) is 0.0993. The van der Waals surface area contributed by atoms with Crippen LogP contribution in [0.25, 0.3) is 22.1 Å². The molecule has 2 aromatic carbocycles. The number of hydrogen-bond acceptors (Lipinski definition) is 12. The molecule has 0 unspecified atom stereocenters. The molecule has 10 rings (SSSR count). The van der Waals surface area contributed by atoms with E-state index in [1.54, 1.807) is 62.5 Å². The number of nitrogens with one attached hydrogen (secondary N) is 1. The second kappa shape index (κ2) is 23.4. The highest BCUT2D eigenvalue weighted by molar-refractivity contribution is 6.28. The Labute approximate surface area is 433 Å². The Bertz CT molecular complexity index is 2860. The number of carbonyl (C=O) groups excluding carboxylic acids is 2. The number of benzene rings is 2. The molecule has 392 valence electrons. The van der Waals surface area contributed by atoms with Gasteiger partial charge < -0.3 is 39.8 Å². The van der Waals surface area contributed by atoms with Gasteiger partial charge in [0.2, 0.25) is 11.2 Å². The van der Waals surface area contributed by atoms with Gasteiger partial charge in [0.1, 0.15) is 34.3 Å². The highest BCUT2D eigenvalue weighted by Gasteiger charge is 2.29. The number of piperazine rings is 2. The molecular formula is C54H73ClF2N14O2. The molecule has 2 amide bonds. The van der Waals surface area contributed by atoms with Crippen molar-refractivity contribution in [2.24, 2.45) is 0 Å². The standard InChI is InChI=1S/C27H36FN7O.C14H17ClN4O.C13H20FN3/c1-18(2)33-11-13-34(14-12-33)23-10-9-20(16-22(23)28)30-27-29-17-19-15-24(26(36)32(3)4)35(25(19)31-27)21-7-5-6-8-21;1-18(2)13(20)11-7-9-8-16-14(15)17-12(9)19(11)10-5-3-4-6-10;1-10(2)16-5-7-17(8-6-16)13-4-3-11(15)9-12(13)14/h9-10,15-18,21H,5-8,11-14H2,1-4H3,(H,29,30,31);7-8,10H,3-6H2,1-2H3;3-4,9-10H,5-8,15H2,1-2H3. The maximum Gasteiger partial charge on any atom is 0.270 e. The predicted octanol–water partition coefficient (Wildman–Crippen LogP) is 9.50. The molecule has 16 nitrogen and oxygen atoms in total. The number of carbonyl (C=O) groups is 2. The Morgan fingerprint density at radius 2 is 1.07 bits per heavy atom. The summed E-state index contributed by atoms with van der Waals surface area (Å²) in [5, 5.41) is 5.09. The van der Waals surface area contributed by atoms with Crippen LogP contribution >= 0.6 is 11.6 Å². The molecule has 0 atom stereocenters. The third-order valence-corrected chi connectivity index (χ3v) is 14.9. The lowest BCUT2D eigenvalue weighted by Crippen LogP contribution is -2.49. The first-order valence-electron chi connectivity index (χ1n) is 25.9. The number of nitrogens with zero attached hydrogens (tertiary/aromatic N) is 12. The van der Waals surface area contributed by atoms with Gasteiger partial charge in [0.05, 0.1) is 11.4 Å². The van der Waals surface area contributed by atoms with E-state index in [0.717, 1.165) is 113 Å². The SMILES string of the molecule is CC(C)N1CCN(c2ccc(N)cc2F)CC1.CC(C)N1CCN(c2ccc(Nc3ncc4cc(C(=O)N(C)C)n(C5CCCC5)c4n3)cc2F)CC1.CN(C)C(=O)c1cc2cnc(Cl)nc2n1C1CCCC1. The van der Waals surface area contributed by atoms with Crippen LogP contribution in [0.15, 0.2) is 60.9 Å². The summed E-state index contributed by atoms with van der Waals surface area (Å²) in [6.07, 6.45) is 12.3. The minimum absolute atomic E-state index is 0.00831. The summed E-state index contributed by atoms with van der Waals surface area (Å²) in [7, 11) is 7.05. The first-order valence-corrected chi connectivity index (χ1v) is 26.3. The fourth-order valence-electron chi connectivity index (χ4n) is 10.6. The minimum atomic E-state index is -0.257. The van der Waals surface area contributed by atoms with Gasteiger partial charge in [0.15, 0.2) is 0 Å². The van der Waals surface area contributed by atoms with Crippen LogP contribution < -0.4 is 20.9 Å². The van der Waals surface area contributed by atoms with Gasteiger partial charge in [-0.3, -0.25) is 19.4 Å². The molecule has 0 bridgehead atoms. The fraction of sp³-hybridized carbons (Fsp3) is 0.519. The van der Waals surface area contributed by atoms with Crippen molar-refractivity contribution in [1.29, 1.82) is 0 Å². The summed E-state index contributed by atoms with van der Waals surface area (Å²) in [5.74, 6) is -0.135. The van der Waals surface area contributed by atoms with Crippen LogP contribution in [0.4, 0.5) is 37.5 Å². The summed E-state index contributed by atoms with van der Waals surface area (Å²) in [6, 6.07) is 15.5. The van der Waals surface area contributed by atoms with E-state index in [4.69, 9.17) is 22.3 Å². The van der Waals surface area contributed by atoms with Crippen molar-refractivity contribution in [2.75, 3.05) is 101 Å². The maximum absolute atomic E-state index is 15.1. The number of rotatable bonds is 10. The smallest absolute Gasteiger partial charge is 0.270 e. The molecule has 2 saturated heterocycles. The van der Waals surface area contributed by atoms with Gasteiger partial charge in [-0.15, -0.1) is 0 Å². The largest absolute Gasteiger partial charge is 0.399 e. The lowest BCUT2D eigenvalue weighted by molar-refractivity contribution is 0.0808. The van der Waals surface area contributed by atoms with Crippen molar-refractivity contribution in [3.05, 3.63) is 89.2 Å². The first-order chi connectivity index (χ1) is 35.0. The number of nitrogen functional groups attached to an aromatic ring is 1. The Balaban J connectivity index is 0.000000162. The van der Waals surface area contributed by atoms with Crippen LogP contribution in [-0.2, 0) is 0 Å². The molecular weight excluding hydrogens is 950 g/mol. The highest BCUT2D eigenvalue weighted by atomic mass is 35.5. The van der Waals surface area contributed by atoms with Crippen LogP contribution in [-0.4, -0.2) is 153 Å². The van der Waals surface area contributed by atoms with Crippen LogP contribution in [0.5, 0.6) is 0 Å². The maximum atomic E-state index is 15.1. The molecule has 3 N–H and O–H groups in total. The molecule has 6 heterocycles. The van der Waals surface area contributed by atoms with Crippen molar-refractivity contribution in [2.45, 2.75) is 103 Å². The molecule has 4 aliphatic rings. The van der Waals surface area contributed by atoms with Crippen LogP contribution in [0.3, 0.4) is 0 Å². The van der Waals surface area contributed by atoms with Crippen LogP contribution in [0.2, 0.25) is 5.28 Å². The van der Waals surface area contributed by atoms with E-state index >= 15 is 4.39 Å². The average molecular weight is 1020 g/mol. The first kappa shape index (κ1) is 53.2. The minimum Gasteiger partial charge on any atom is -0.399 e. The lowest BCUT2D eigenvalue weighted by Gasteiger charge is -2.38. The van der Waals surface area contributed by atoms with Gasteiger partial charge in [0, 0.05) is 139 Å². The number of nitrogens with two attached hydrogens (primary N) is 1. The summed E-state index contributed by atoms with van der Waals surface area (Å²) in [4.78, 5) is 55.1. The van der Waals surface area contributed by atoms with Crippen molar-refractivity contribution >= 4 is 74.2 Å². The molecule has 0 radical (unpaired) electrons. The van der Waals surface area contributed by atoms with E-state index in [9.17, 15) is 14.0 Å². The zero-order valence-corrected chi connectivity index (χ0v) is 44.5. The van der Waals surface area contributed by atoms with Crippen molar-refractivity contribution < 1.29 is 18.4 Å². The van der Waals surface area contributed by atoms with Crippen molar-refractivity contribution in [3.63, 3.8) is 0 Å². The Hall–Kier alpha value is -6.11. The van der Waals surface area contributed by atoms with Gasteiger partial charge in [-0.2, -0.15) is 9.97 Å². The highest BCUT2D eigenvalue weighted by Crippen LogP contribution is 2.37. The molecule has 73 heavy (non-hydrogen) atoms. The number of aromatic nitrogens is 6. The Morgan fingerprint density at radius 1 is 0.630 bits per heavy atom. The van der Waals surface area contributed by atoms with E-state index in [1.165, 1.54) is 25.0 Å². The van der Waals surface area contributed by atoms with E-state index in [0.29, 0.717) is 58.2 Å². The second-order valence-corrected chi connectivity index (χ2v) is 21.0. The zero-order valence-electron chi connectivity index (χ0n) is 43.8. The molecule has 4 aromatic heterocycles. The van der Waals surface area contributed by atoms with Gasteiger partial charge in [-0.1, -0.05) is 25.7 Å². The third kappa shape index (κ3) is 12.3. The normalized spacial score (nSPS) is 17.1. The number of anilines is 5. The number of halogens is 3. The van der Waals surface area contributed by atoms with E-state index in [1.807, 2.05) is 24.3 Å². The fourth-order valence-corrected chi connectivity index (χ4v) is 10.7. The van der Waals surface area contributed by atoms with Gasteiger partial charge in [-0.05, 0) is 114 Å². The number of amides is 2. The van der Waals surface area contributed by atoms with Crippen molar-refractivity contribution in [3.8, 4) is 0 Å². The lowest BCUT2D eigenvalue weighted by atomic mass is 10.2. The molecule has 2 aliphatic heterocycles. The molecule has 4 fully saturated rings. The summed E-state index contributed by atoms with van der Waals surface area (Å²) < 4.78 is 33.0. The van der Waals surface area contributed by atoms with E-state index in [-0.39, 0.29) is 34.8 Å². The van der Waals surface area contributed by atoms with E-state index in [2.05, 4.69) is 76.7 Å².